The van der Waals surface area contributed by atoms with Gasteiger partial charge in [-0.25, -0.2) is 0 Å². The molecule has 1 heterocycles. The smallest absolute Gasteiger partial charge is 0.252 e. The van der Waals surface area contributed by atoms with Crippen LogP contribution < -0.4 is 10.6 Å². The Balaban J connectivity index is 1.96. The highest BCUT2D eigenvalue weighted by molar-refractivity contribution is 6.33. The van der Waals surface area contributed by atoms with Crippen molar-refractivity contribution in [2.45, 2.75) is 18.9 Å². The number of hydrogen-bond donors (Lipinski definition) is 3. The highest BCUT2D eigenvalue weighted by Crippen LogP contribution is 2.20. The van der Waals surface area contributed by atoms with Gasteiger partial charge < -0.3 is 15.7 Å². The first kappa shape index (κ1) is 12.2. The first-order chi connectivity index (χ1) is 8.16. The first-order valence-electron chi connectivity index (χ1n) is 5.67. The molecule has 1 atom stereocenters. The third kappa shape index (κ3) is 3.11. The van der Waals surface area contributed by atoms with Gasteiger partial charge in [-0.3, -0.25) is 4.79 Å². The number of nitrogens with one attached hydrogen (secondary N) is 2. The number of carbonyl (C=O) groups excluding carboxylic acids is 1. The number of rotatable bonds is 3. The number of carbonyl (C=O) groups is 1. The Morgan fingerprint density at radius 2 is 2.41 bits per heavy atom. The number of phenolic OH excluding ortho intramolecular Hbond substituents is 1. The third-order valence-corrected chi connectivity index (χ3v) is 3.20. The zero-order valence-corrected chi connectivity index (χ0v) is 10.1. The zero-order chi connectivity index (χ0) is 12.3. The van der Waals surface area contributed by atoms with Gasteiger partial charge in [0.2, 0.25) is 0 Å². The van der Waals surface area contributed by atoms with Crippen molar-refractivity contribution in [1.82, 2.24) is 10.6 Å². The molecule has 2 rings (SSSR count). The van der Waals surface area contributed by atoms with E-state index in [1.165, 1.54) is 18.2 Å². The summed E-state index contributed by atoms with van der Waals surface area (Å²) in [6.07, 6.45) is 2.22. The Morgan fingerprint density at radius 1 is 1.59 bits per heavy atom. The van der Waals surface area contributed by atoms with Crippen LogP contribution in [0.4, 0.5) is 0 Å². The Morgan fingerprint density at radius 3 is 3.12 bits per heavy atom. The van der Waals surface area contributed by atoms with E-state index in [9.17, 15) is 9.90 Å². The van der Waals surface area contributed by atoms with Crippen molar-refractivity contribution in [2.75, 3.05) is 13.1 Å². The van der Waals surface area contributed by atoms with Crippen LogP contribution in [0.1, 0.15) is 23.2 Å². The molecular formula is C12H15ClN2O2. The molecule has 5 heteroatoms. The van der Waals surface area contributed by atoms with Crippen LogP contribution in [0.5, 0.6) is 5.75 Å². The van der Waals surface area contributed by atoms with E-state index in [0.717, 1.165) is 19.4 Å². The van der Waals surface area contributed by atoms with Crippen LogP contribution in [0.3, 0.4) is 0 Å². The summed E-state index contributed by atoms with van der Waals surface area (Å²) in [4.78, 5) is 11.8. The van der Waals surface area contributed by atoms with Crippen LogP contribution in [0.2, 0.25) is 5.02 Å². The van der Waals surface area contributed by atoms with E-state index in [4.69, 9.17) is 11.6 Å². The Hall–Kier alpha value is -1.26. The molecule has 1 aromatic rings. The number of hydrogen-bond acceptors (Lipinski definition) is 3. The molecule has 0 saturated carbocycles. The molecule has 0 bridgehead atoms. The van der Waals surface area contributed by atoms with Gasteiger partial charge in [0.15, 0.2) is 0 Å². The van der Waals surface area contributed by atoms with Crippen molar-refractivity contribution < 1.29 is 9.90 Å². The van der Waals surface area contributed by atoms with E-state index in [0.29, 0.717) is 23.2 Å². The number of halogens is 1. The summed E-state index contributed by atoms with van der Waals surface area (Å²) in [5, 5.41) is 15.8. The first-order valence-corrected chi connectivity index (χ1v) is 6.04. The molecular weight excluding hydrogens is 240 g/mol. The number of benzene rings is 1. The van der Waals surface area contributed by atoms with E-state index < -0.39 is 0 Å². The van der Waals surface area contributed by atoms with Gasteiger partial charge in [-0.05, 0) is 37.6 Å². The van der Waals surface area contributed by atoms with Gasteiger partial charge in [0.25, 0.3) is 5.91 Å². The van der Waals surface area contributed by atoms with Crippen molar-refractivity contribution in [1.29, 1.82) is 0 Å². The van der Waals surface area contributed by atoms with Crippen LogP contribution in [0.25, 0.3) is 0 Å². The highest BCUT2D eigenvalue weighted by Gasteiger charge is 2.16. The van der Waals surface area contributed by atoms with Crippen LogP contribution in [0.15, 0.2) is 18.2 Å². The lowest BCUT2D eigenvalue weighted by Crippen LogP contribution is -2.37. The second-order valence-electron chi connectivity index (χ2n) is 4.17. The fourth-order valence-electron chi connectivity index (χ4n) is 1.93. The maximum Gasteiger partial charge on any atom is 0.252 e. The summed E-state index contributed by atoms with van der Waals surface area (Å²) >= 11 is 5.90. The van der Waals surface area contributed by atoms with Gasteiger partial charge in [0.05, 0.1) is 10.6 Å². The van der Waals surface area contributed by atoms with E-state index in [-0.39, 0.29) is 11.7 Å². The summed E-state index contributed by atoms with van der Waals surface area (Å²) in [6, 6.07) is 4.69. The van der Waals surface area contributed by atoms with Crippen LogP contribution in [0, 0.1) is 0 Å². The second-order valence-corrected chi connectivity index (χ2v) is 4.57. The zero-order valence-electron chi connectivity index (χ0n) is 9.37. The van der Waals surface area contributed by atoms with Crippen LogP contribution >= 0.6 is 11.6 Å². The summed E-state index contributed by atoms with van der Waals surface area (Å²) in [6.45, 7) is 1.60. The minimum absolute atomic E-state index is 0.0403. The normalized spacial score (nSPS) is 19.2. The molecule has 0 aromatic heterocycles. The van der Waals surface area contributed by atoms with Crippen molar-refractivity contribution in [3.63, 3.8) is 0 Å². The maximum absolute atomic E-state index is 11.8. The third-order valence-electron chi connectivity index (χ3n) is 2.87. The van der Waals surface area contributed by atoms with Crippen LogP contribution in [-0.2, 0) is 0 Å². The standard InChI is InChI=1S/C12H15ClN2O2/c13-11-4-3-9(16)6-10(11)12(17)15-7-8-2-1-5-14-8/h3-4,6,8,14,16H,1-2,5,7H2,(H,15,17). The lowest BCUT2D eigenvalue weighted by Gasteiger charge is -2.12. The summed E-state index contributed by atoms with van der Waals surface area (Å²) < 4.78 is 0. The fraction of sp³-hybridized carbons (Fsp3) is 0.417. The summed E-state index contributed by atoms with van der Waals surface area (Å²) in [7, 11) is 0. The van der Waals surface area contributed by atoms with Crippen molar-refractivity contribution >= 4 is 17.5 Å². The molecule has 1 aliphatic rings. The predicted molar refractivity (Wildman–Crippen MR) is 66.5 cm³/mol. The van der Waals surface area contributed by atoms with Gasteiger partial charge >= 0.3 is 0 Å². The van der Waals surface area contributed by atoms with E-state index >= 15 is 0 Å². The van der Waals surface area contributed by atoms with Crippen molar-refractivity contribution in [3.8, 4) is 5.75 Å². The molecule has 4 nitrogen and oxygen atoms in total. The Labute approximate surface area is 105 Å². The molecule has 0 spiro atoms. The van der Waals surface area contributed by atoms with E-state index in [2.05, 4.69) is 10.6 Å². The molecule has 1 fully saturated rings. The number of phenols is 1. The topological polar surface area (TPSA) is 61.4 Å². The molecule has 3 N–H and O–H groups in total. The van der Waals surface area contributed by atoms with Crippen molar-refractivity contribution in [3.05, 3.63) is 28.8 Å². The lowest BCUT2D eigenvalue weighted by atomic mass is 10.2. The number of amides is 1. The molecule has 1 saturated heterocycles. The monoisotopic (exact) mass is 254 g/mol. The van der Waals surface area contributed by atoms with E-state index in [1.54, 1.807) is 0 Å². The molecule has 0 aliphatic carbocycles. The number of aromatic hydroxyl groups is 1. The average molecular weight is 255 g/mol. The maximum atomic E-state index is 11.8. The van der Waals surface area contributed by atoms with Gasteiger partial charge in [0, 0.05) is 12.6 Å². The minimum Gasteiger partial charge on any atom is -0.508 e. The second kappa shape index (κ2) is 5.38. The minimum atomic E-state index is -0.250. The molecule has 1 unspecified atom stereocenters. The highest BCUT2D eigenvalue weighted by atomic mass is 35.5. The predicted octanol–water partition coefficient (Wildman–Crippen LogP) is 1.53. The van der Waals surface area contributed by atoms with E-state index in [1.807, 2.05) is 0 Å². The quantitative estimate of drug-likeness (QED) is 0.767. The summed E-state index contributed by atoms with van der Waals surface area (Å²) in [5.74, 6) is -0.210. The Kier molecular flexibility index (Phi) is 3.86. The fourth-order valence-corrected chi connectivity index (χ4v) is 2.13. The van der Waals surface area contributed by atoms with Gasteiger partial charge in [0.1, 0.15) is 5.75 Å². The molecule has 1 aliphatic heterocycles. The SMILES string of the molecule is O=C(NCC1CCCN1)c1cc(O)ccc1Cl. The molecule has 17 heavy (non-hydrogen) atoms. The molecule has 0 radical (unpaired) electrons. The molecule has 1 aromatic carbocycles. The molecule has 1 amide bonds. The average Bonchev–Trinajstić information content (AvgIpc) is 2.82. The van der Waals surface area contributed by atoms with Crippen molar-refractivity contribution in [2.24, 2.45) is 0 Å². The molecule has 92 valence electrons. The largest absolute Gasteiger partial charge is 0.508 e. The van der Waals surface area contributed by atoms with Crippen LogP contribution in [-0.4, -0.2) is 30.1 Å². The lowest BCUT2D eigenvalue weighted by molar-refractivity contribution is 0.0950. The Bertz CT molecular complexity index is 417. The van der Waals surface area contributed by atoms with Gasteiger partial charge in [-0.2, -0.15) is 0 Å². The summed E-state index contributed by atoms with van der Waals surface area (Å²) in [5.41, 5.74) is 0.310. The van der Waals surface area contributed by atoms with Gasteiger partial charge in [-0.15, -0.1) is 0 Å². The van der Waals surface area contributed by atoms with Gasteiger partial charge in [-0.1, -0.05) is 11.6 Å².